The van der Waals surface area contributed by atoms with Crippen LogP contribution in [0.15, 0.2) is 30.3 Å². The van der Waals surface area contributed by atoms with Crippen molar-refractivity contribution in [1.29, 1.82) is 0 Å². The molecule has 0 amide bonds. The van der Waals surface area contributed by atoms with E-state index in [9.17, 15) is 0 Å². The quantitative estimate of drug-likeness (QED) is 0.739. The molecule has 2 atom stereocenters. The lowest BCUT2D eigenvalue weighted by Crippen LogP contribution is -2.47. The molecule has 1 fully saturated rings. The zero-order valence-electron chi connectivity index (χ0n) is 12.5. The lowest BCUT2D eigenvalue weighted by Gasteiger charge is -2.31. The van der Waals surface area contributed by atoms with Gasteiger partial charge in [-0.05, 0) is 18.6 Å². The Kier molecular flexibility index (Phi) is 6.89. The molecule has 1 aromatic carbocycles. The Morgan fingerprint density at radius 2 is 1.90 bits per heavy atom. The van der Waals surface area contributed by atoms with Gasteiger partial charge in [0, 0.05) is 13.1 Å². The van der Waals surface area contributed by atoms with Crippen LogP contribution in [0.1, 0.15) is 39.0 Å². The number of para-hydroxylation sites is 1. The molecule has 0 unspecified atom stereocenters. The predicted molar refractivity (Wildman–Crippen MR) is 82.2 cm³/mol. The summed E-state index contributed by atoms with van der Waals surface area (Å²) in [5.41, 5.74) is 0. The van der Waals surface area contributed by atoms with Crippen molar-refractivity contribution in [1.82, 2.24) is 5.32 Å². The number of benzene rings is 1. The Balaban J connectivity index is 1.65. The lowest BCUT2D eigenvalue weighted by atomic mass is 10.1. The van der Waals surface area contributed by atoms with E-state index >= 15 is 0 Å². The van der Waals surface area contributed by atoms with Gasteiger partial charge in [0.1, 0.15) is 18.5 Å². The van der Waals surface area contributed by atoms with Gasteiger partial charge < -0.3 is 14.8 Å². The third-order valence-electron chi connectivity index (χ3n) is 3.69. The second kappa shape index (κ2) is 8.98. The van der Waals surface area contributed by atoms with E-state index < -0.39 is 0 Å². The van der Waals surface area contributed by atoms with Crippen LogP contribution in [-0.4, -0.2) is 31.9 Å². The summed E-state index contributed by atoms with van der Waals surface area (Å²) in [6, 6.07) is 9.95. The van der Waals surface area contributed by atoms with Crippen LogP contribution in [0.5, 0.6) is 5.75 Å². The molecule has 112 valence electrons. The molecule has 3 heteroatoms. The third kappa shape index (κ3) is 5.51. The molecule has 3 nitrogen and oxygen atoms in total. The highest BCUT2D eigenvalue weighted by Crippen LogP contribution is 2.14. The molecule has 1 aromatic rings. The Morgan fingerprint density at radius 1 is 1.10 bits per heavy atom. The van der Waals surface area contributed by atoms with Crippen molar-refractivity contribution in [2.24, 2.45) is 0 Å². The van der Waals surface area contributed by atoms with Crippen LogP contribution in [-0.2, 0) is 4.74 Å². The monoisotopic (exact) mass is 277 g/mol. The highest BCUT2D eigenvalue weighted by molar-refractivity contribution is 5.20. The topological polar surface area (TPSA) is 30.5 Å². The summed E-state index contributed by atoms with van der Waals surface area (Å²) in [4.78, 5) is 0. The maximum absolute atomic E-state index is 6.10. The summed E-state index contributed by atoms with van der Waals surface area (Å²) >= 11 is 0. The summed E-state index contributed by atoms with van der Waals surface area (Å²) in [5, 5.41) is 3.46. The minimum Gasteiger partial charge on any atom is -0.491 e. The van der Waals surface area contributed by atoms with Crippen molar-refractivity contribution in [3.63, 3.8) is 0 Å². The van der Waals surface area contributed by atoms with Gasteiger partial charge in [-0.25, -0.2) is 0 Å². The number of hydrogen-bond donors (Lipinski definition) is 1. The molecule has 1 saturated heterocycles. The van der Waals surface area contributed by atoms with E-state index in [1.54, 1.807) is 0 Å². The van der Waals surface area contributed by atoms with Crippen molar-refractivity contribution < 1.29 is 9.47 Å². The van der Waals surface area contributed by atoms with E-state index in [2.05, 4.69) is 12.2 Å². The fourth-order valence-corrected chi connectivity index (χ4v) is 2.55. The molecule has 0 aromatic heterocycles. The molecule has 20 heavy (non-hydrogen) atoms. The van der Waals surface area contributed by atoms with Gasteiger partial charge in [-0.2, -0.15) is 0 Å². The number of rotatable bonds is 8. The molecule has 0 bridgehead atoms. The minimum atomic E-state index is 0.167. The van der Waals surface area contributed by atoms with Crippen LogP contribution in [0.3, 0.4) is 0 Å². The molecular weight excluding hydrogens is 250 g/mol. The fourth-order valence-electron chi connectivity index (χ4n) is 2.55. The van der Waals surface area contributed by atoms with Crippen molar-refractivity contribution >= 4 is 0 Å². The van der Waals surface area contributed by atoms with Crippen molar-refractivity contribution in [3.05, 3.63) is 30.3 Å². The molecule has 1 heterocycles. The van der Waals surface area contributed by atoms with E-state index in [1.165, 1.54) is 25.7 Å². The Bertz CT molecular complexity index is 355. The van der Waals surface area contributed by atoms with Crippen LogP contribution in [0, 0.1) is 0 Å². The summed E-state index contributed by atoms with van der Waals surface area (Å²) in [5.74, 6) is 0.918. The van der Waals surface area contributed by atoms with Gasteiger partial charge in [0.25, 0.3) is 0 Å². The Hall–Kier alpha value is -1.06. The molecule has 1 N–H and O–H groups in total. The molecular formula is C17H27NO2. The second-order valence-electron chi connectivity index (χ2n) is 5.51. The van der Waals surface area contributed by atoms with Crippen LogP contribution in [0.4, 0.5) is 0 Å². The van der Waals surface area contributed by atoms with E-state index in [0.29, 0.717) is 12.7 Å². The molecule has 2 rings (SSSR count). The Labute approximate surface area is 122 Å². The highest BCUT2D eigenvalue weighted by Gasteiger charge is 2.22. The summed E-state index contributed by atoms with van der Waals surface area (Å²) in [6.45, 7) is 4.74. The normalized spacial score (nSPS) is 22.6. The van der Waals surface area contributed by atoms with Gasteiger partial charge in [0.05, 0.1) is 6.10 Å². The van der Waals surface area contributed by atoms with Crippen LogP contribution in [0.25, 0.3) is 0 Å². The zero-order valence-corrected chi connectivity index (χ0v) is 12.5. The van der Waals surface area contributed by atoms with Gasteiger partial charge in [-0.15, -0.1) is 0 Å². The zero-order chi connectivity index (χ0) is 14.0. The largest absolute Gasteiger partial charge is 0.491 e. The van der Waals surface area contributed by atoms with Crippen LogP contribution in [0.2, 0.25) is 0 Å². The third-order valence-corrected chi connectivity index (χ3v) is 3.69. The van der Waals surface area contributed by atoms with E-state index in [-0.39, 0.29) is 6.10 Å². The summed E-state index contributed by atoms with van der Waals surface area (Å²) in [6.07, 6.45) is 6.89. The first-order valence-corrected chi connectivity index (χ1v) is 7.92. The highest BCUT2D eigenvalue weighted by atomic mass is 16.5. The average molecular weight is 277 g/mol. The molecule has 1 aliphatic rings. The van der Waals surface area contributed by atoms with Crippen molar-refractivity contribution in [2.75, 3.05) is 19.7 Å². The fraction of sp³-hybridized carbons (Fsp3) is 0.647. The first kappa shape index (κ1) is 15.3. The van der Waals surface area contributed by atoms with Crippen molar-refractivity contribution in [2.45, 2.75) is 51.2 Å². The van der Waals surface area contributed by atoms with E-state index in [4.69, 9.17) is 9.47 Å². The lowest BCUT2D eigenvalue weighted by molar-refractivity contribution is -0.0593. The Morgan fingerprint density at radius 3 is 2.70 bits per heavy atom. The molecule has 0 radical (unpaired) electrons. The smallest absolute Gasteiger partial charge is 0.119 e. The van der Waals surface area contributed by atoms with Crippen LogP contribution < -0.4 is 10.1 Å². The molecule has 0 saturated carbocycles. The number of nitrogens with one attached hydrogen (secondary N) is 1. The average Bonchev–Trinajstić information content (AvgIpc) is 2.51. The predicted octanol–water partition coefficient (Wildman–Crippen LogP) is 3.39. The second-order valence-corrected chi connectivity index (χ2v) is 5.51. The first-order chi connectivity index (χ1) is 9.88. The van der Waals surface area contributed by atoms with Gasteiger partial charge >= 0.3 is 0 Å². The first-order valence-electron chi connectivity index (χ1n) is 7.92. The standard InChI is InChI=1S/C17H27NO2/c1-2-3-4-6-11-16-12-18-13-17(20-16)14-19-15-9-7-5-8-10-15/h5,7-10,16-18H,2-4,6,11-14H2,1H3/t16-,17+/m0/s1. The van der Waals surface area contributed by atoms with E-state index in [0.717, 1.165) is 25.3 Å². The maximum Gasteiger partial charge on any atom is 0.119 e. The van der Waals surface area contributed by atoms with Gasteiger partial charge in [0.15, 0.2) is 0 Å². The minimum absolute atomic E-state index is 0.167. The number of hydrogen-bond acceptors (Lipinski definition) is 3. The molecule has 1 aliphatic heterocycles. The molecule has 0 aliphatic carbocycles. The number of unbranched alkanes of at least 4 members (excludes halogenated alkanes) is 3. The summed E-state index contributed by atoms with van der Waals surface area (Å²) < 4.78 is 11.9. The number of morpholine rings is 1. The van der Waals surface area contributed by atoms with Gasteiger partial charge in [0.2, 0.25) is 0 Å². The van der Waals surface area contributed by atoms with Crippen molar-refractivity contribution in [3.8, 4) is 5.75 Å². The van der Waals surface area contributed by atoms with Gasteiger partial charge in [-0.3, -0.25) is 0 Å². The summed E-state index contributed by atoms with van der Waals surface area (Å²) in [7, 11) is 0. The molecule has 0 spiro atoms. The van der Waals surface area contributed by atoms with Gasteiger partial charge in [-0.1, -0.05) is 50.8 Å². The number of ether oxygens (including phenoxy) is 2. The maximum atomic E-state index is 6.10. The SMILES string of the molecule is CCCCCC[C@H]1CNC[C@H](COc2ccccc2)O1. The van der Waals surface area contributed by atoms with E-state index in [1.807, 2.05) is 30.3 Å². The van der Waals surface area contributed by atoms with Crippen LogP contribution >= 0.6 is 0 Å².